The number of aliphatic hydroxyl groups is 1. The molecule has 112 valence electrons. The summed E-state index contributed by atoms with van der Waals surface area (Å²) in [7, 11) is 0. The van der Waals surface area contributed by atoms with Crippen LogP contribution in [0.2, 0.25) is 0 Å². The molecular formula is C14H30N4O. The zero-order chi connectivity index (χ0) is 13.9. The van der Waals surface area contributed by atoms with Crippen LogP contribution in [0, 0.1) is 0 Å². The zero-order valence-corrected chi connectivity index (χ0v) is 12.5. The fraction of sp³-hybridized carbons (Fsp3) is 0.929. The average Bonchev–Trinajstić information content (AvgIpc) is 2.42. The smallest absolute Gasteiger partial charge is 0.191 e. The van der Waals surface area contributed by atoms with E-state index in [1.54, 1.807) is 0 Å². The molecule has 5 nitrogen and oxygen atoms in total. The van der Waals surface area contributed by atoms with Crippen LogP contribution in [0.15, 0.2) is 4.99 Å². The molecule has 1 aliphatic rings. The summed E-state index contributed by atoms with van der Waals surface area (Å²) in [5, 5.41) is 16.1. The molecule has 0 radical (unpaired) electrons. The molecule has 1 heterocycles. The predicted molar refractivity (Wildman–Crippen MR) is 80.6 cm³/mol. The Hall–Kier alpha value is -0.810. The normalized spacial score (nSPS) is 18.6. The van der Waals surface area contributed by atoms with Crippen molar-refractivity contribution in [1.29, 1.82) is 0 Å². The quantitative estimate of drug-likeness (QED) is 0.364. The zero-order valence-electron chi connectivity index (χ0n) is 12.5. The van der Waals surface area contributed by atoms with Crippen molar-refractivity contribution in [1.82, 2.24) is 15.5 Å². The third kappa shape index (κ3) is 7.38. The molecule has 5 heteroatoms. The average molecular weight is 270 g/mol. The molecule has 19 heavy (non-hydrogen) atoms. The van der Waals surface area contributed by atoms with E-state index in [1.165, 1.54) is 0 Å². The van der Waals surface area contributed by atoms with Crippen LogP contribution in [0.3, 0.4) is 0 Å². The lowest BCUT2D eigenvalue weighted by Gasteiger charge is -2.29. The second-order valence-corrected chi connectivity index (χ2v) is 5.11. The minimum atomic E-state index is -0.0732. The van der Waals surface area contributed by atoms with Gasteiger partial charge in [0.15, 0.2) is 5.96 Å². The largest absolute Gasteiger partial charge is 0.393 e. The summed E-state index contributed by atoms with van der Waals surface area (Å²) in [6, 6.07) is 0. The lowest BCUT2D eigenvalue weighted by atomic mass is 10.1. The number of hydrogen-bond acceptors (Lipinski definition) is 3. The van der Waals surface area contributed by atoms with E-state index in [2.05, 4.69) is 34.4 Å². The summed E-state index contributed by atoms with van der Waals surface area (Å²) < 4.78 is 0. The second kappa shape index (κ2) is 10.0. The first kappa shape index (κ1) is 16.2. The monoisotopic (exact) mass is 270 g/mol. The molecule has 0 spiro atoms. The van der Waals surface area contributed by atoms with Crippen molar-refractivity contribution in [3.05, 3.63) is 0 Å². The van der Waals surface area contributed by atoms with Crippen molar-refractivity contribution in [3.8, 4) is 0 Å². The highest BCUT2D eigenvalue weighted by Crippen LogP contribution is 2.09. The Bertz CT molecular complexity index is 250. The summed E-state index contributed by atoms with van der Waals surface area (Å²) in [5.74, 6) is 0.929. The van der Waals surface area contributed by atoms with Crippen molar-refractivity contribution in [3.63, 3.8) is 0 Å². The molecule has 0 bridgehead atoms. The topological polar surface area (TPSA) is 59.9 Å². The fourth-order valence-electron chi connectivity index (χ4n) is 2.22. The molecule has 1 rings (SSSR count). The molecule has 0 unspecified atom stereocenters. The summed E-state index contributed by atoms with van der Waals surface area (Å²) >= 11 is 0. The first-order chi connectivity index (χ1) is 9.26. The molecule has 0 amide bonds. The lowest BCUT2D eigenvalue weighted by molar-refractivity contribution is 0.0823. The molecule has 3 N–H and O–H groups in total. The van der Waals surface area contributed by atoms with Crippen LogP contribution in [0.25, 0.3) is 0 Å². The molecule has 0 aliphatic carbocycles. The Labute approximate surface area is 117 Å². The maximum atomic E-state index is 9.45. The summed E-state index contributed by atoms with van der Waals surface area (Å²) in [4.78, 5) is 6.91. The molecule has 0 aromatic rings. The Balaban J connectivity index is 2.11. The fourth-order valence-corrected chi connectivity index (χ4v) is 2.22. The molecular weight excluding hydrogens is 240 g/mol. The molecule has 0 saturated carbocycles. The number of nitrogens with zero attached hydrogens (tertiary/aromatic N) is 2. The van der Waals surface area contributed by atoms with Crippen molar-refractivity contribution < 1.29 is 5.11 Å². The van der Waals surface area contributed by atoms with Crippen molar-refractivity contribution in [2.24, 2.45) is 4.99 Å². The second-order valence-electron chi connectivity index (χ2n) is 5.11. The summed E-state index contributed by atoms with van der Waals surface area (Å²) in [6.45, 7) is 10.1. The van der Waals surface area contributed by atoms with Crippen molar-refractivity contribution >= 4 is 5.96 Å². The number of guanidine groups is 1. The molecule has 1 aliphatic heterocycles. The van der Waals surface area contributed by atoms with Crippen LogP contribution < -0.4 is 10.6 Å². The number of nitrogens with one attached hydrogen (secondary N) is 2. The lowest BCUT2D eigenvalue weighted by Crippen LogP contribution is -2.40. The number of hydrogen-bond donors (Lipinski definition) is 3. The van der Waals surface area contributed by atoms with Gasteiger partial charge in [-0.25, -0.2) is 0 Å². The number of rotatable bonds is 7. The predicted octanol–water partition coefficient (Wildman–Crippen LogP) is 0.798. The van der Waals surface area contributed by atoms with Gasteiger partial charge in [-0.2, -0.15) is 0 Å². The van der Waals surface area contributed by atoms with Crippen LogP contribution in [-0.4, -0.2) is 61.3 Å². The van der Waals surface area contributed by atoms with E-state index in [-0.39, 0.29) is 6.10 Å². The van der Waals surface area contributed by atoms with Gasteiger partial charge in [0.05, 0.1) is 6.10 Å². The Morgan fingerprint density at radius 1 is 1.26 bits per heavy atom. The van der Waals surface area contributed by atoms with Crippen LogP contribution in [0.4, 0.5) is 0 Å². The van der Waals surface area contributed by atoms with Gasteiger partial charge in [-0.3, -0.25) is 4.99 Å². The molecule has 0 aromatic carbocycles. The third-order valence-corrected chi connectivity index (χ3v) is 3.34. The Morgan fingerprint density at radius 3 is 2.63 bits per heavy atom. The first-order valence-corrected chi connectivity index (χ1v) is 7.68. The van der Waals surface area contributed by atoms with Gasteiger partial charge in [0.1, 0.15) is 0 Å². The Kier molecular flexibility index (Phi) is 8.58. The van der Waals surface area contributed by atoms with Gasteiger partial charge in [0.25, 0.3) is 0 Å². The minimum Gasteiger partial charge on any atom is -0.393 e. The van der Waals surface area contributed by atoms with Gasteiger partial charge in [-0.1, -0.05) is 6.92 Å². The van der Waals surface area contributed by atoms with Gasteiger partial charge in [-0.15, -0.1) is 0 Å². The van der Waals surface area contributed by atoms with E-state index in [4.69, 9.17) is 0 Å². The van der Waals surface area contributed by atoms with E-state index >= 15 is 0 Å². The van der Waals surface area contributed by atoms with E-state index in [0.717, 1.165) is 70.9 Å². The maximum Gasteiger partial charge on any atom is 0.191 e. The SMILES string of the molecule is CCCN=C(NCC)NCCCN1CCC(O)CC1. The van der Waals surface area contributed by atoms with E-state index in [1.807, 2.05) is 0 Å². The number of aliphatic hydroxyl groups excluding tert-OH is 1. The van der Waals surface area contributed by atoms with Gasteiger partial charge in [-0.05, 0) is 39.2 Å². The van der Waals surface area contributed by atoms with Crippen LogP contribution in [0.1, 0.15) is 39.5 Å². The molecule has 1 saturated heterocycles. The third-order valence-electron chi connectivity index (χ3n) is 3.34. The highest BCUT2D eigenvalue weighted by Gasteiger charge is 2.15. The van der Waals surface area contributed by atoms with Crippen LogP contribution >= 0.6 is 0 Å². The number of piperidine rings is 1. The van der Waals surface area contributed by atoms with Gasteiger partial charge >= 0.3 is 0 Å². The van der Waals surface area contributed by atoms with E-state index in [0.29, 0.717) is 0 Å². The first-order valence-electron chi connectivity index (χ1n) is 7.68. The molecule has 0 atom stereocenters. The summed E-state index contributed by atoms with van der Waals surface area (Å²) in [6.07, 6.45) is 3.97. The van der Waals surface area contributed by atoms with Crippen molar-refractivity contribution in [2.45, 2.75) is 45.6 Å². The number of aliphatic imine (C=N–C) groups is 1. The van der Waals surface area contributed by atoms with Crippen LogP contribution in [-0.2, 0) is 0 Å². The summed E-state index contributed by atoms with van der Waals surface area (Å²) in [5.41, 5.74) is 0. The maximum absolute atomic E-state index is 9.45. The molecule has 0 aromatic heterocycles. The van der Waals surface area contributed by atoms with E-state index < -0.39 is 0 Å². The van der Waals surface area contributed by atoms with Gasteiger partial charge < -0.3 is 20.6 Å². The standard InChI is InChI=1S/C14H30N4O/c1-3-8-16-14(15-4-2)17-9-5-10-18-11-6-13(19)7-12-18/h13,19H,3-12H2,1-2H3,(H2,15,16,17). The van der Waals surface area contributed by atoms with Gasteiger partial charge in [0, 0.05) is 32.7 Å². The Morgan fingerprint density at radius 2 is 2.00 bits per heavy atom. The van der Waals surface area contributed by atoms with Crippen molar-refractivity contribution in [2.75, 3.05) is 39.3 Å². The van der Waals surface area contributed by atoms with E-state index in [9.17, 15) is 5.11 Å². The number of likely N-dealkylation sites (tertiary alicyclic amines) is 1. The minimum absolute atomic E-state index is 0.0732. The highest BCUT2D eigenvalue weighted by atomic mass is 16.3. The van der Waals surface area contributed by atoms with Crippen LogP contribution in [0.5, 0.6) is 0 Å². The van der Waals surface area contributed by atoms with Gasteiger partial charge in [0.2, 0.25) is 0 Å². The highest BCUT2D eigenvalue weighted by molar-refractivity contribution is 5.79. The molecule has 1 fully saturated rings.